The summed E-state index contributed by atoms with van der Waals surface area (Å²) in [6.45, 7) is 5.71. The number of rotatable bonds is 10. The molecule has 15 heteroatoms. The summed E-state index contributed by atoms with van der Waals surface area (Å²) >= 11 is 0. The number of aliphatic hydroxyl groups excluding tert-OH is 1. The molecule has 0 radical (unpaired) electrons. The number of nitrogens with one attached hydrogen (secondary N) is 2. The Labute approximate surface area is 203 Å². The molecule has 0 bridgehead atoms. The third kappa shape index (κ3) is 5.72. The number of esters is 1. The number of aromatic nitrogens is 4. The van der Waals surface area contributed by atoms with Crippen LogP contribution in [0.15, 0.2) is 6.33 Å². The van der Waals surface area contributed by atoms with E-state index in [0.717, 1.165) is 0 Å². The molecule has 3 heterocycles. The van der Waals surface area contributed by atoms with Gasteiger partial charge in [0.25, 0.3) is 8.18 Å². The van der Waals surface area contributed by atoms with Crippen molar-refractivity contribution in [2.45, 2.75) is 63.9 Å². The van der Waals surface area contributed by atoms with Crippen molar-refractivity contribution in [3.05, 3.63) is 6.33 Å². The van der Waals surface area contributed by atoms with Crippen LogP contribution in [0.1, 0.15) is 33.9 Å². The van der Waals surface area contributed by atoms with Crippen LogP contribution in [0.5, 0.6) is 0 Å². The number of halogens is 1. The number of fused-ring (bicyclic) bond motifs is 1. The van der Waals surface area contributed by atoms with Gasteiger partial charge in [-0.3, -0.25) is 13.9 Å². The standard InChI is InChI=1S/C20H33FN7O6P/c1-10(2)33-17(30)11(3)26-35(31)32-8-12-14(29)20(4,21)18(34-12)28-9-23-13-15(27(6)7)24-19(22-5)25-16(13)28/h9-12,14,18,29,35H,8H2,1-7H3,(H,26,31)(H,22,24,25)/t11-,12+,14+,18+,20+/m0/s1. The molecule has 0 amide bonds. The van der Waals surface area contributed by atoms with Gasteiger partial charge in [0.05, 0.1) is 19.0 Å². The zero-order valence-electron chi connectivity index (χ0n) is 20.8. The average Bonchev–Trinajstić information content (AvgIpc) is 3.29. The molecule has 2 aromatic rings. The van der Waals surface area contributed by atoms with Crippen LogP contribution in [-0.2, 0) is 23.4 Å². The number of hydrogen-bond donors (Lipinski definition) is 3. The second kappa shape index (κ2) is 10.7. The van der Waals surface area contributed by atoms with E-state index in [1.54, 1.807) is 39.9 Å². The molecule has 0 saturated carbocycles. The third-order valence-corrected chi connectivity index (χ3v) is 6.54. The maximum atomic E-state index is 15.7. The van der Waals surface area contributed by atoms with E-state index in [2.05, 4.69) is 25.4 Å². The van der Waals surface area contributed by atoms with Gasteiger partial charge in [-0.2, -0.15) is 9.97 Å². The van der Waals surface area contributed by atoms with Crippen molar-refractivity contribution in [3.8, 4) is 0 Å². The largest absolute Gasteiger partial charge is 0.462 e. The summed E-state index contributed by atoms with van der Waals surface area (Å²) in [5.74, 6) is 0.242. The lowest BCUT2D eigenvalue weighted by Crippen LogP contribution is -2.40. The molecule has 0 aromatic carbocycles. The van der Waals surface area contributed by atoms with Crippen molar-refractivity contribution < 1.29 is 32.9 Å². The summed E-state index contributed by atoms with van der Waals surface area (Å²) in [5.41, 5.74) is -1.51. The van der Waals surface area contributed by atoms with E-state index in [9.17, 15) is 14.5 Å². The molecule has 35 heavy (non-hydrogen) atoms. The molecule has 3 rings (SSSR count). The van der Waals surface area contributed by atoms with Gasteiger partial charge in [0, 0.05) is 21.1 Å². The monoisotopic (exact) mass is 517 g/mol. The van der Waals surface area contributed by atoms with Gasteiger partial charge in [0.2, 0.25) is 5.95 Å². The topological polar surface area (TPSA) is 153 Å². The van der Waals surface area contributed by atoms with Crippen LogP contribution in [0.25, 0.3) is 11.2 Å². The predicted molar refractivity (Wildman–Crippen MR) is 127 cm³/mol. The summed E-state index contributed by atoms with van der Waals surface area (Å²) in [4.78, 5) is 26.7. The molecule has 1 aliphatic rings. The van der Waals surface area contributed by atoms with Crippen molar-refractivity contribution in [2.24, 2.45) is 0 Å². The van der Waals surface area contributed by atoms with Crippen molar-refractivity contribution in [3.63, 3.8) is 0 Å². The molecule has 1 fully saturated rings. The molecule has 3 N–H and O–H groups in total. The highest BCUT2D eigenvalue weighted by atomic mass is 31.1. The fraction of sp³-hybridized carbons (Fsp3) is 0.700. The van der Waals surface area contributed by atoms with Gasteiger partial charge >= 0.3 is 5.97 Å². The lowest BCUT2D eigenvalue weighted by Gasteiger charge is -2.24. The summed E-state index contributed by atoms with van der Waals surface area (Å²) in [5, 5.41) is 16.0. The number of carbonyl (C=O) groups is 1. The van der Waals surface area contributed by atoms with Gasteiger partial charge in [-0.1, -0.05) is 0 Å². The van der Waals surface area contributed by atoms with E-state index < -0.39 is 44.3 Å². The van der Waals surface area contributed by atoms with Crippen LogP contribution in [0.4, 0.5) is 16.2 Å². The lowest BCUT2D eigenvalue weighted by molar-refractivity contribution is -0.149. The molecule has 1 aliphatic heterocycles. The highest BCUT2D eigenvalue weighted by Crippen LogP contribution is 2.43. The number of anilines is 2. The molecule has 1 unspecified atom stereocenters. The molecule has 1 saturated heterocycles. The highest BCUT2D eigenvalue weighted by Gasteiger charge is 2.55. The third-order valence-electron chi connectivity index (χ3n) is 5.44. The smallest absolute Gasteiger partial charge is 0.323 e. The highest BCUT2D eigenvalue weighted by molar-refractivity contribution is 7.36. The minimum atomic E-state index is -2.91. The van der Waals surface area contributed by atoms with Crippen LogP contribution in [-0.4, -0.2) is 88.4 Å². The van der Waals surface area contributed by atoms with E-state index in [4.69, 9.17) is 14.0 Å². The molecule has 196 valence electrons. The van der Waals surface area contributed by atoms with E-state index in [1.165, 1.54) is 24.7 Å². The second-order valence-electron chi connectivity index (χ2n) is 8.91. The number of imidazole rings is 1. The Hall–Kier alpha value is -2.38. The average molecular weight is 517 g/mol. The molecular formula is C20H33FN7O6P. The van der Waals surface area contributed by atoms with Crippen molar-refractivity contribution >= 4 is 37.1 Å². The number of ether oxygens (including phenoxy) is 2. The molecule has 0 aliphatic carbocycles. The Balaban J connectivity index is 1.75. The van der Waals surface area contributed by atoms with Gasteiger partial charge in [-0.15, -0.1) is 0 Å². The summed E-state index contributed by atoms with van der Waals surface area (Å²) < 4.78 is 45.5. The summed E-state index contributed by atoms with van der Waals surface area (Å²) in [6.07, 6.45) is -2.97. The van der Waals surface area contributed by atoms with Gasteiger partial charge in [-0.25, -0.2) is 14.5 Å². The SMILES string of the molecule is CNc1nc(N(C)C)c2ncn([C@@H]3O[C@H](CO[PH](=O)N[C@@H](C)C(=O)OC(C)C)[C@@H](O)[C@@]3(C)F)c2n1. The van der Waals surface area contributed by atoms with Crippen molar-refractivity contribution in [1.29, 1.82) is 0 Å². The van der Waals surface area contributed by atoms with Crippen LogP contribution in [0.2, 0.25) is 0 Å². The van der Waals surface area contributed by atoms with Crippen molar-refractivity contribution in [2.75, 3.05) is 38.0 Å². The van der Waals surface area contributed by atoms with Crippen LogP contribution < -0.4 is 15.3 Å². The maximum absolute atomic E-state index is 15.7. The van der Waals surface area contributed by atoms with Gasteiger partial charge < -0.3 is 29.3 Å². The Morgan fingerprint density at radius 2 is 2.09 bits per heavy atom. The molecule has 6 atom stereocenters. The first-order valence-corrected chi connectivity index (χ1v) is 12.4. The maximum Gasteiger partial charge on any atom is 0.323 e. The lowest BCUT2D eigenvalue weighted by atomic mass is 9.98. The molecular weight excluding hydrogens is 484 g/mol. The Morgan fingerprint density at radius 1 is 1.40 bits per heavy atom. The fourth-order valence-electron chi connectivity index (χ4n) is 3.62. The van der Waals surface area contributed by atoms with Gasteiger partial charge in [-0.05, 0) is 27.7 Å². The van der Waals surface area contributed by atoms with Crippen LogP contribution >= 0.6 is 8.18 Å². The first-order valence-electron chi connectivity index (χ1n) is 11.1. The van der Waals surface area contributed by atoms with E-state index in [1.807, 2.05) is 0 Å². The molecule has 13 nitrogen and oxygen atoms in total. The quantitative estimate of drug-likeness (QED) is 0.307. The Kier molecular flexibility index (Phi) is 8.32. The molecule has 2 aromatic heterocycles. The Bertz CT molecular complexity index is 1080. The fourth-order valence-corrected chi connectivity index (χ4v) is 4.49. The van der Waals surface area contributed by atoms with Gasteiger partial charge in [0.15, 0.2) is 28.9 Å². The normalized spacial score (nSPS) is 26.2. The van der Waals surface area contributed by atoms with E-state index in [0.29, 0.717) is 22.9 Å². The Morgan fingerprint density at radius 3 is 2.69 bits per heavy atom. The zero-order valence-corrected chi connectivity index (χ0v) is 21.8. The van der Waals surface area contributed by atoms with Gasteiger partial charge in [0.1, 0.15) is 18.2 Å². The zero-order chi connectivity index (χ0) is 26.1. The predicted octanol–water partition coefficient (Wildman–Crippen LogP) is 1.26. The van der Waals surface area contributed by atoms with Crippen LogP contribution in [0.3, 0.4) is 0 Å². The number of alkyl halides is 1. The number of aliphatic hydroxyl groups is 1. The summed E-state index contributed by atoms with van der Waals surface area (Å²) in [7, 11) is 2.33. The minimum absolute atomic E-state index is 0.303. The first-order chi connectivity index (χ1) is 16.4. The number of hydrogen-bond acceptors (Lipinski definition) is 11. The van der Waals surface area contributed by atoms with Crippen LogP contribution in [0, 0.1) is 0 Å². The van der Waals surface area contributed by atoms with E-state index in [-0.39, 0.29) is 12.7 Å². The minimum Gasteiger partial charge on any atom is -0.462 e. The first kappa shape index (κ1) is 27.2. The molecule has 0 spiro atoms. The number of nitrogens with zero attached hydrogens (tertiary/aromatic N) is 5. The van der Waals surface area contributed by atoms with Crippen molar-refractivity contribution in [1.82, 2.24) is 24.6 Å². The van der Waals surface area contributed by atoms with E-state index >= 15 is 4.39 Å². The second-order valence-corrected chi connectivity index (χ2v) is 10.1. The summed E-state index contributed by atoms with van der Waals surface area (Å²) in [6, 6.07) is -0.873. The number of carbonyl (C=O) groups excluding carboxylic acids is 1.